The van der Waals surface area contributed by atoms with Gasteiger partial charge in [-0.05, 0) is 29.9 Å². The van der Waals surface area contributed by atoms with Gasteiger partial charge in [0, 0.05) is 11.9 Å². The van der Waals surface area contributed by atoms with Crippen LogP contribution in [0.5, 0.6) is 0 Å². The van der Waals surface area contributed by atoms with Crippen molar-refractivity contribution in [2.24, 2.45) is 17.6 Å². The largest absolute Gasteiger partial charge is 0.398 e. The molecule has 3 N–H and O–H groups in total. The van der Waals surface area contributed by atoms with E-state index >= 15 is 0 Å². The van der Waals surface area contributed by atoms with Crippen molar-refractivity contribution in [2.45, 2.75) is 20.3 Å². The van der Waals surface area contributed by atoms with Crippen molar-refractivity contribution in [3.8, 4) is 0 Å². The van der Waals surface area contributed by atoms with Gasteiger partial charge in [-0.1, -0.05) is 19.9 Å². The fourth-order valence-electron chi connectivity index (χ4n) is 1.37. The lowest BCUT2D eigenvalue weighted by Gasteiger charge is -2.21. The van der Waals surface area contributed by atoms with Crippen molar-refractivity contribution in [3.63, 3.8) is 0 Å². The van der Waals surface area contributed by atoms with Gasteiger partial charge in [0.1, 0.15) is 0 Å². The standard InChI is InChI=1S/C10H16N2/c1-7(2)8-3-4-10(12)9(5-8)6-11/h3-4,6-8,11H,5,12H2,1-2H3. The predicted octanol–water partition coefficient (Wildman–Crippen LogP) is 2.08. The van der Waals surface area contributed by atoms with Crippen LogP contribution in [0.1, 0.15) is 20.3 Å². The van der Waals surface area contributed by atoms with E-state index in [9.17, 15) is 0 Å². The number of allylic oxidation sites excluding steroid dienone is 3. The number of nitrogens with one attached hydrogen (secondary N) is 1. The minimum absolute atomic E-state index is 0.550. The summed E-state index contributed by atoms with van der Waals surface area (Å²) >= 11 is 0. The Kier molecular flexibility index (Phi) is 2.69. The summed E-state index contributed by atoms with van der Waals surface area (Å²) in [5.41, 5.74) is 7.41. The van der Waals surface area contributed by atoms with Crippen molar-refractivity contribution in [1.29, 1.82) is 5.41 Å². The number of hydrogen-bond donors (Lipinski definition) is 2. The van der Waals surface area contributed by atoms with E-state index in [4.69, 9.17) is 11.1 Å². The summed E-state index contributed by atoms with van der Waals surface area (Å²) in [7, 11) is 0. The Balaban J connectivity index is 2.76. The first-order chi connectivity index (χ1) is 5.65. The SMILES string of the molecule is CC(C)C1C=CC(N)=C(C=N)C1. The summed E-state index contributed by atoms with van der Waals surface area (Å²) in [5, 5.41) is 7.16. The number of rotatable bonds is 2. The molecule has 0 aliphatic heterocycles. The monoisotopic (exact) mass is 164 g/mol. The minimum Gasteiger partial charge on any atom is -0.398 e. The molecule has 0 amide bonds. The van der Waals surface area contributed by atoms with Gasteiger partial charge in [-0.25, -0.2) is 0 Å². The zero-order valence-electron chi connectivity index (χ0n) is 7.67. The fourth-order valence-corrected chi connectivity index (χ4v) is 1.37. The van der Waals surface area contributed by atoms with Crippen LogP contribution in [0.15, 0.2) is 23.4 Å². The molecule has 0 fully saturated rings. The highest BCUT2D eigenvalue weighted by atomic mass is 14.6. The quantitative estimate of drug-likeness (QED) is 0.603. The molecule has 0 saturated carbocycles. The Hall–Kier alpha value is -1.05. The van der Waals surface area contributed by atoms with Gasteiger partial charge in [-0.3, -0.25) is 0 Å². The van der Waals surface area contributed by atoms with Crippen molar-refractivity contribution in [1.82, 2.24) is 0 Å². The molecule has 0 heterocycles. The van der Waals surface area contributed by atoms with Gasteiger partial charge in [0.25, 0.3) is 0 Å². The molecule has 2 heteroatoms. The van der Waals surface area contributed by atoms with Gasteiger partial charge >= 0.3 is 0 Å². The van der Waals surface area contributed by atoms with E-state index in [2.05, 4.69) is 19.9 Å². The van der Waals surface area contributed by atoms with Crippen molar-refractivity contribution >= 4 is 6.21 Å². The molecule has 1 rings (SSSR count). The van der Waals surface area contributed by atoms with Crippen LogP contribution in [-0.4, -0.2) is 6.21 Å². The highest BCUT2D eigenvalue weighted by molar-refractivity contribution is 5.78. The van der Waals surface area contributed by atoms with Crippen LogP contribution >= 0.6 is 0 Å². The van der Waals surface area contributed by atoms with E-state index in [-0.39, 0.29) is 0 Å². The average molecular weight is 164 g/mol. The lowest BCUT2D eigenvalue weighted by atomic mass is 9.85. The number of nitrogens with two attached hydrogens (primary N) is 1. The maximum absolute atomic E-state index is 7.16. The summed E-state index contributed by atoms with van der Waals surface area (Å²) in [6.45, 7) is 4.39. The van der Waals surface area contributed by atoms with Crippen LogP contribution in [0.25, 0.3) is 0 Å². The maximum Gasteiger partial charge on any atom is 0.0358 e. The van der Waals surface area contributed by atoms with Crippen LogP contribution in [0, 0.1) is 17.2 Å². The van der Waals surface area contributed by atoms with E-state index in [1.807, 2.05) is 6.08 Å². The zero-order valence-corrected chi connectivity index (χ0v) is 7.67. The second kappa shape index (κ2) is 3.57. The van der Waals surface area contributed by atoms with Crippen LogP contribution in [0.2, 0.25) is 0 Å². The molecule has 0 aromatic rings. The molecule has 0 spiro atoms. The summed E-state index contributed by atoms with van der Waals surface area (Å²) in [4.78, 5) is 0. The Labute approximate surface area is 73.7 Å². The molecule has 1 unspecified atom stereocenters. The molecule has 0 radical (unpaired) electrons. The molecule has 1 aliphatic carbocycles. The lowest BCUT2D eigenvalue weighted by Crippen LogP contribution is -2.14. The Morgan fingerprint density at radius 2 is 2.33 bits per heavy atom. The van der Waals surface area contributed by atoms with Gasteiger partial charge in [-0.15, -0.1) is 0 Å². The summed E-state index contributed by atoms with van der Waals surface area (Å²) < 4.78 is 0. The van der Waals surface area contributed by atoms with Crippen LogP contribution < -0.4 is 5.73 Å². The third-order valence-electron chi connectivity index (χ3n) is 2.38. The van der Waals surface area contributed by atoms with Crippen LogP contribution in [0.3, 0.4) is 0 Å². The number of hydrogen-bond acceptors (Lipinski definition) is 2. The van der Waals surface area contributed by atoms with Crippen molar-refractivity contribution in [2.75, 3.05) is 0 Å². The smallest absolute Gasteiger partial charge is 0.0358 e. The topological polar surface area (TPSA) is 49.9 Å². The molecule has 0 saturated heterocycles. The fraction of sp³-hybridized carbons (Fsp3) is 0.500. The molecule has 0 bridgehead atoms. The first-order valence-electron chi connectivity index (χ1n) is 4.32. The third-order valence-corrected chi connectivity index (χ3v) is 2.38. The minimum atomic E-state index is 0.550. The molecule has 0 aromatic heterocycles. The Morgan fingerprint density at radius 1 is 1.67 bits per heavy atom. The lowest BCUT2D eigenvalue weighted by molar-refractivity contribution is 0.461. The van der Waals surface area contributed by atoms with E-state index in [0.717, 1.165) is 17.7 Å². The molecule has 66 valence electrons. The van der Waals surface area contributed by atoms with E-state index < -0.39 is 0 Å². The van der Waals surface area contributed by atoms with Crippen molar-refractivity contribution in [3.05, 3.63) is 23.4 Å². The third kappa shape index (κ3) is 1.76. The summed E-state index contributed by atoms with van der Waals surface area (Å²) in [6.07, 6.45) is 6.36. The van der Waals surface area contributed by atoms with E-state index in [0.29, 0.717) is 11.8 Å². The van der Waals surface area contributed by atoms with Crippen LogP contribution in [0.4, 0.5) is 0 Å². The zero-order chi connectivity index (χ0) is 9.14. The molecule has 0 aromatic carbocycles. The highest BCUT2D eigenvalue weighted by Crippen LogP contribution is 2.25. The Morgan fingerprint density at radius 3 is 2.83 bits per heavy atom. The van der Waals surface area contributed by atoms with Crippen LogP contribution in [-0.2, 0) is 0 Å². The normalized spacial score (nSPS) is 23.4. The highest BCUT2D eigenvalue weighted by Gasteiger charge is 2.16. The summed E-state index contributed by atoms with van der Waals surface area (Å²) in [5.74, 6) is 1.18. The van der Waals surface area contributed by atoms with Gasteiger partial charge in [0.05, 0.1) is 0 Å². The summed E-state index contributed by atoms with van der Waals surface area (Å²) in [6, 6.07) is 0. The van der Waals surface area contributed by atoms with Gasteiger partial charge in [0.2, 0.25) is 0 Å². The molecule has 2 nitrogen and oxygen atoms in total. The maximum atomic E-state index is 7.16. The van der Waals surface area contributed by atoms with E-state index in [1.54, 1.807) is 0 Å². The predicted molar refractivity (Wildman–Crippen MR) is 52.1 cm³/mol. The molecular formula is C10H16N2. The van der Waals surface area contributed by atoms with Gasteiger partial charge in [0.15, 0.2) is 0 Å². The Bertz CT molecular complexity index is 236. The first kappa shape index (κ1) is 9.04. The average Bonchev–Trinajstić information content (AvgIpc) is 2.05. The van der Waals surface area contributed by atoms with E-state index in [1.165, 1.54) is 6.21 Å². The molecule has 1 atom stereocenters. The second-order valence-corrected chi connectivity index (χ2v) is 3.60. The molecule has 1 aliphatic rings. The van der Waals surface area contributed by atoms with Gasteiger partial charge in [-0.2, -0.15) is 0 Å². The first-order valence-corrected chi connectivity index (χ1v) is 4.32. The van der Waals surface area contributed by atoms with Crippen molar-refractivity contribution < 1.29 is 0 Å². The van der Waals surface area contributed by atoms with Gasteiger partial charge < -0.3 is 11.1 Å². The molecular weight excluding hydrogens is 148 g/mol. The second-order valence-electron chi connectivity index (χ2n) is 3.60. The molecule has 12 heavy (non-hydrogen) atoms.